The number of carbonyl (C=O) groups is 1. The van der Waals surface area contributed by atoms with Crippen molar-refractivity contribution in [1.82, 2.24) is 4.98 Å². The van der Waals surface area contributed by atoms with Gasteiger partial charge in [0.25, 0.3) is 0 Å². The summed E-state index contributed by atoms with van der Waals surface area (Å²) in [6.07, 6.45) is 1.92. The van der Waals surface area contributed by atoms with Crippen LogP contribution in [-0.2, 0) is 11.2 Å². The van der Waals surface area contributed by atoms with Gasteiger partial charge in [0.2, 0.25) is 5.91 Å². The molecule has 0 saturated heterocycles. The van der Waals surface area contributed by atoms with Gasteiger partial charge in [-0.1, -0.05) is 12.1 Å². The van der Waals surface area contributed by atoms with Crippen LogP contribution < -0.4 is 10.1 Å². The first-order chi connectivity index (χ1) is 9.60. The molecule has 1 aromatic heterocycles. The molecule has 0 unspecified atom stereocenters. The summed E-state index contributed by atoms with van der Waals surface area (Å²) in [5.74, 6) is 1.20. The number of pyridine rings is 1. The van der Waals surface area contributed by atoms with Gasteiger partial charge in [-0.05, 0) is 43.2 Å². The lowest BCUT2D eigenvalue weighted by atomic mass is 10.0. The van der Waals surface area contributed by atoms with Crippen molar-refractivity contribution in [3.8, 4) is 5.75 Å². The Morgan fingerprint density at radius 2 is 2.10 bits per heavy atom. The minimum absolute atomic E-state index is 0.103. The molecule has 104 valence electrons. The van der Waals surface area contributed by atoms with Crippen molar-refractivity contribution in [1.29, 1.82) is 0 Å². The fraction of sp³-hybridized carbons (Fsp3) is 0.250. The van der Waals surface area contributed by atoms with Gasteiger partial charge in [0, 0.05) is 11.8 Å². The second-order valence-electron chi connectivity index (χ2n) is 4.70. The van der Waals surface area contributed by atoms with E-state index in [1.807, 2.05) is 38.1 Å². The van der Waals surface area contributed by atoms with E-state index in [1.165, 1.54) is 0 Å². The SMILES string of the molecule is COc1cc(C)cc(C)c1CC(=O)Nc1ccccn1. The highest BCUT2D eigenvalue weighted by molar-refractivity contribution is 5.92. The van der Waals surface area contributed by atoms with E-state index in [1.54, 1.807) is 19.4 Å². The summed E-state index contributed by atoms with van der Waals surface area (Å²) >= 11 is 0. The van der Waals surface area contributed by atoms with Gasteiger partial charge in [-0.2, -0.15) is 0 Å². The third-order valence-corrected chi connectivity index (χ3v) is 3.07. The molecule has 20 heavy (non-hydrogen) atoms. The number of amides is 1. The maximum atomic E-state index is 12.1. The second-order valence-corrected chi connectivity index (χ2v) is 4.70. The fourth-order valence-corrected chi connectivity index (χ4v) is 2.15. The van der Waals surface area contributed by atoms with Crippen molar-refractivity contribution in [2.45, 2.75) is 20.3 Å². The first kappa shape index (κ1) is 14.1. The van der Waals surface area contributed by atoms with Crippen molar-refractivity contribution in [2.75, 3.05) is 12.4 Å². The predicted molar refractivity (Wildman–Crippen MR) is 79.0 cm³/mol. The normalized spacial score (nSPS) is 10.2. The zero-order chi connectivity index (χ0) is 14.5. The average Bonchev–Trinajstić information content (AvgIpc) is 2.42. The van der Waals surface area contributed by atoms with Gasteiger partial charge in [-0.15, -0.1) is 0 Å². The summed E-state index contributed by atoms with van der Waals surface area (Å²) in [6, 6.07) is 9.39. The number of methoxy groups -OCH3 is 1. The molecule has 0 aliphatic carbocycles. The quantitative estimate of drug-likeness (QED) is 0.929. The van der Waals surface area contributed by atoms with E-state index in [9.17, 15) is 4.79 Å². The third-order valence-electron chi connectivity index (χ3n) is 3.07. The van der Waals surface area contributed by atoms with E-state index in [2.05, 4.69) is 10.3 Å². The van der Waals surface area contributed by atoms with Crippen LogP contribution in [0.5, 0.6) is 5.75 Å². The van der Waals surface area contributed by atoms with Crippen LogP contribution in [0.1, 0.15) is 16.7 Å². The number of nitrogens with one attached hydrogen (secondary N) is 1. The van der Waals surface area contributed by atoms with E-state index < -0.39 is 0 Å². The number of anilines is 1. The lowest BCUT2D eigenvalue weighted by Gasteiger charge is -2.13. The molecule has 1 heterocycles. The monoisotopic (exact) mass is 270 g/mol. The molecule has 0 saturated carbocycles. The lowest BCUT2D eigenvalue weighted by molar-refractivity contribution is -0.115. The zero-order valence-electron chi connectivity index (χ0n) is 11.9. The highest BCUT2D eigenvalue weighted by atomic mass is 16.5. The Bertz CT molecular complexity index is 609. The minimum Gasteiger partial charge on any atom is -0.496 e. The lowest BCUT2D eigenvalue weighted by Crippen LogP contribution is -2.16. The Kier molecular flexibility index (Phi) is 4.35. The molecular weight excluding hydrogens is 252 g/mol. The molecule has 0 bridgehead atoms. The van der Waals surface area contributed by atoms with E-state index in [0.29, 0.717) is 5.82 Å². The molecule has 0 spiro atoms. The average molecular weight is 270 g/mol. The van der Waals surface area contributed by atoms with Gasteiger partial charge in [0.05, 0.1) is 13.5 Å². The molecule has 0 atom stereocenters. The van der Waals surface area contributed by atoms with Crippen LogP contribution in [0.15, 0.2) is 36.5 Å². The summed E-state index contributed by atoms with van der Waals surface area (Å²) in [5.41, 5.74) is 3.08. The maximum Gasteiger partial charge on any atom is 0.230 e. The van der Waals surface area contributed by atoms with Gasteiger partial charge in [0.15, 0.2) is 0 Å². The third kappa shape index (κ3) is 3.35. The molecule has 1 N–H and O–H groups in total. The van der Waals surface area contributed by atoms with Crippen molar-refractivity contribution in [2.24, 2.45) is 0 Å². The molecule has 0 radical (unpaired) electrons. The number of nitrogens with zero attached hydrogens (tertiary/aromatic N) is 1. The summed E-state index contributed by atoms with van der Waals surface area (Å²) in [4.78, 5) is 16.2. The van der Waals surface area contributed by atoms with Crippen molar-refractivity contribution in [3.63, 3.8) is 0 Å². The van der Waals surface area contributed by atoms with E-state index in [4.69, 9.17) is 4.74 Å². The van der Waals surface area contributed by atoms with E-state index in [0.717, 1.165) is 22.4 Å². The molecule has 0 aliphatic rings. The molecule has 0 aliphatic heterocycles. The zero-order valence-corrected chi connectivity index (χ0v) is 11.9. The van der Waals surface area contributed by atoms with Crippen molar-refractivity contribution in [3.05, 3.63) is 53.2 Å². The van der Waals surface area contributed by atoms with Gasteiger partial charge in [-0.3, -0.25) is 4.79 Å². The molecule has 0 fully saturated rings. The number of carbonyl (C=O) groups excluding carboxylic acids is 1. The highest BCUT2D eigenvalue weighted by Gasteiger charge is 2.12. The number of hydrogen-bond acceptors (Lipinski definition) is 3. The van der Waals surface area contributed by atoms with Gasteiger partial charge < -0.3 is 10.1 Å². The van der Waals surface area contributed by atoms with E-state index >= 15 is 0 Å². The summed E-state index contributed by atoms with van der Waals surface area (Å²) in [7, 11) is 1.62. The predicted octanol–water partition coefficient (Wildman–Crippen LogP) is 2.89. The number of aryl methyl sites for hydroxylation is 2. The number of ether oxygens (including phenoxy) is 1. The summed E-state index contributed by atoms with van der Waals surface area (Å²) < 4.78 is 5.36. The van der Waals surface area contributed by atoms with Crippen molar-refractivity contribution < 1.29 is 9.53 Å². The molecule has 4 heteroatoms. The molecule has 1 aromatic carbocycles. The molecule has 2 aromatic rings. The van der Waals surface area contributed by atoms with Crippen LogP contribution in [0.4, 0.5) is 5.82 Å². The second kappa shape index (κ2) is 6.19. The first-order valence-electron chi connectivity index (χ1n) is 6.45. The fourth-order valence-electron chi connectivity index (χ4n) is 2.15. The Morgan fingerprint density at radius 3 is 2.75 bits per heavy atom. The topological polar surface area (TPSA) is 51.2 Å². The number of hydrogen-bond donors (Lipinski definition) is 1. The number of aromatic nitrogens is 1. The van der Waals surface area contributed by atoms with Crippen LogP contribution in [0.25, 0.3) is 0 Å². The number of benzene rings is 1. The first-order valence-corrected chi connectivity index (χ1v) is 6.45. The van der Waals surface area contributed by atoms with Crippen LogP contribution in [0, 0.1) is 13.8 Å². The molecule has 1 amide bonds. The Labute approximate surface area is 118 Å². The van der Waals surface area contributed by atoms with Crippen LogP contribution in [-0.4, -0.2) is 18.0 Å². The maximum absolute atomic E-state index is 12.1. The number of rotatable bonds is 4. The summed E-state index contributed by atoms with van der Waals surface area (Å²) in [5, 5.41) is 2.78. The van der Waals surface area contributed by atoms with Crippen LogP contribution in [0.3, 0.4) is 0 Å². The minimum atomic E-state index is -0.103. The van der Waals surface area contributed by atoms with Gasteiger partial charge >= 0.3 is 0 Å². The van der Waals surface area contributed by atoms with Crippen LogP contribution in [0.2, 0.25) is 0 Å². The smallest absolute Gasteiger partial charge is 0.230 e. The van der Waals surface area contributed by atoms with E-state index in [-0.39, 0.29) is 12.3 Å². The van der Waals surface area contributed by atoms with Gasteiger partial charge in [0.1, 0.15) is 11.6 Å². The molecular formula is C16H18N2O2. The summed E-state index contributed by atoms with van der Waals surface area (Å²) in [6.45, 7) is 3.99. The Morgan fingerprint density at radius 1 is 1.30 bits per heavy atom. The highest BCUT2D eigenvalue weighted by Crippen LogP contribution is 2.24. The molecule has 4 nitrogen and oxygen atoms in total. The largest absolute Gasteiger partial charge is 0.496 e. The van der Waals surface area contributed by atoms with Crippen molar-refractivity contribution >= 4 is 11.7 Å². The standard InChI is InChI=1S/C16H18N2O2/c1-11-8-12(2)13(14(9-11)20-3)10-16(19)18-15-6-4-5-7-17-15/h4-9H,10H2,1-3H3,(H,17,18,19). The Hall–Kier alpha value is -2.36. The molecule has 2 rings (SSSR count). The van der Waals surface area contributed by atoms with Gasteiger partial charge in [-0.25, -0.2) is 4.98 Å². The Balaban J connectivity index is 2.16. The van der Waals surface area contributed by atoms with Crippen LogP contribution >= 0.6 is 0 Å².